The van der Waals surface area contributed by atoms with E-state index in [0.29, 0.717) is 24.2 Å². The molecule has 6 nitrogen and oxygen atoms in total. The summed E-state index contributed by atoms with van der Waals surface area (Å²) in [6, 6.07) is 6.55. The topological polar surface area (TPSA) is 86.9 Å². The molecule has 1 fully saturated rings. The fraction of sp³-hybridized carbons (Fsp3) is 0.500. The van der Waals surface area contributed by atoms with E-state index in [9.17, 15) is 14.7 Å². The van der Waals surface area contributed by atoms with Crippen molar-refractivity contribution in [2.24, 2.45) is 5.73 Å². The average molecular weight is 305 g/mol. The van der Waals surface area contributed by atoms with Gasteiger partial charge in [-0.1, -0.05) is 0 Å². The molecule has 120 valence electrons. The molecule has 2 rings (SSSR count). The highest BCUT2D eigenvalue weighted by Crippen LogP contribution is 2.12. The van der Waals surface area contributed by atoms with Crippen molar-refractivity contribution >= 4 is 11.8 Å². The van der Waals surface area contributed by atoms with Gasteiger partial charge in [0, 0.05) is 43.3 Å². The quantitative estimate of drug-likeness (QED) is 0.838. The van der Waals surface area contributed by atoms with Crippen LogP contribution in [-0.4, -0.2) is 65.5 Å². The number of amides is 2. The Balaban J connectivity index is 2.02. The summed E-state index contributed by atoms with van der Waals surface area (Å²) < 4.78 is 0. The number of aliphatic hydroxyl groups is 1. The largest absolute Gasteiger partial charge is 0.395 e. The molecule has 1 aromatic rings. The molecule has 1 aliphatic rings. The number of benzene rings is 1. The minimum absolute atomic E-state index is 0.0329. The van der Waals surface area contributed by atoms with E-state index < -0.39 is 5.91 Å². The van der Waals surface area contributed by atoms with Gasteiger partial charge in [0.15, 0.2) is 0 Å². The first-order valence-electron chi connectivity index (χ1n) is 7.57. The Hall–Kier alpha value is -1.92. The van der Waals surface area contributed by atoms with Gasteiger partial charge >= 0.3 is 0 Å². The van der Waals surface area contributed by atoms with Crippen molar-refractivity contribution in [2.45, 2.75) is 19.4 Å². The molecule has 3 N–H and O–H groups in total. The highest BCUT2D eigenvalue weighted by molar-refractivity contribution is 5.97. The molecular weight excluding hydrogens is 282 g/mol. The van der Waals surface area contributed by atoms with Gasteiger partial charge in [0.2, 0.25) is 5.91 Å². The minimum Gasteiger partial charge on any atom is -0.395 e. The fourth-order valence-electron chi connectivity index (χ4n) is 2.66. The first-order valence-corrected chi connectivity index (χ1v) is 7.57. The normalized spacial score (nSPS) is 17.8. The number of primary amides is 1. The zero-order valence-electron chi connectivity index (χ0n) is 12.9. The second-order valence-corrected chi connectivity index (χ2v) is 5.65. The summed E-state index contributed by atoms with van der Waals surface area (Å²) in [5, 5.41) is 9.24. The lowest BCUT2D eigenvalue weighted by Gasteiger charge is -2.26. The standard InChI is InChI=1S/C16H23N3O3/c1-12(11-20)18-7-2-8-19(10-9-18)16(22)14-5-3-13(4-6-14)15(17)21/h3-6,12,20H,2,7-11H2,1H3,(H2,17,21). The van der Waals surface area contributed by atoms with Crippen LogP contribution in [0.5, 0.6) is 0 Å². The van der Waals surface area contributed by atoms with Crippen LogP contribution in [-0.2, 0) is 0 Å². The summed E-state index contributed by atoms with van der Waals surface area (Å²) in [4.78, 5) is 27.6. The van der Waals surface area contributed by atoms with Gasteiger partial charge in [-0.25, -0.2) is 0 Å². The van der Waals surface area contributed by atoms with Crippen molar-refractivity contribution in [2.75, 3.05) is 32.8 Å². The van der Waals surface area contributed by atoms with Gasteiger partial charge in [-0.3, -0.25) is 14.5 Å². The number of carbonyl (C=O) groups is 2. The van der Waals surface area contributed by atoms with Gasteiger partial charge in [-0.15, -0.1) is 0 Å². The van der Waals surface area contributed by atoms with Crippen LogP contribution >= 0.6 is 0 Å². The predicted octanol–water partition coefficient (Wildman–Crippen LogP) is 0.314. The van der Waals surface area contributed by atoms with Crippen LogP contribution in [0, 0.1) is 0 Å². The number of nitrogens with zero attached hydrogens (tertiary/aromatic N) is 2. The third-order valence-electron chi connectivity index (χ3n) is 4.12. The SMILES string of the molecule is CC(CO)N1CCCN(C(=O)c2ccc(C(N)=O)cc2)CC1. The predicted molar refractivity (Wildman–Crippen MR) is 83.6 cm³/mol. The molecule has 1 heterocycles. The maximum Gasteiger partial charge on any atom is 0.253 e. The van der Waals surface area contributed by atoms with Gasteiger partial charge in [0.1, 0.15) is 0 Å². The Kier molecular flexibility index (Phi) is 5.51. The van der Waals surface area contributed by atoms with Crippen LogP contribution in [0.2, 0.25) is 0 Å². The van der Waals surface area contributed by atoms with Crippen LogP contribution in [0.4, 0.5) is 0 Å². The maximum absolute atomic E-state index is 12.5. The van der Waals surface area contributed by atoms with E-state index in [2.05, 4.69) is 4.90 Å². The Labute approximate surface area is 130 Å². The summed E-state index contributed by atoms with van der Waals surface area (Å²) >= 11 is 0. The number of hydrogen-bond donors (Lipinski definition) is 2. The van der Waals surface area contributed by atoms with E-state index in [-0.39, 0.29) is 18.6 Å². The van der Waals surface area contributed by atoms with E-state index >= 15 is 0 Å². The highest BCUT2D eigenvalue weighted by Gasteiger charge is 2.22. The molecule has 1 atom stereocenters. The summed E-state index contributed by atoms with van der Waals surface area (Å²) in [7, 11) is 0. The van der Waals surface area contributed by atoms with E-state index in [1.165, 1.54) is 0 Å². The van der Waals surface area contributed by atoms with Gasteiger partial charge in [-0.05, 0) is 37.6 Å². The fourth-order valence-corrected chi connectivity index (χ4v) is 2.66. The lowest BCUT2D eigenvalue weighted by molar-refractivity contribution is 0.0753. The first kappa shape index (κ1) is 16.5. The van der Waals surface area contributed by atoms with Crippen LogP contribution in [0.1, 0.15) is 34.1 Å². The summed E-state index contributed by atoms with van der Waals surface area (Å²) in [6.07, 6.45) is 0.884. The summed E-state index contributed by atoms with van der Waals surface area (Å²) in [5.74, 6) is -0.531. The van der Waals surface area contributed by atoms with Crippen molar-refractivity contribution in [3.63, 3.8) is 0 Å². The third-order valence-corrected chi connectivity index (χ3v) is 4.12. The smallest absolute Gasteiger partial charge is 0.253 e. The van der Waals surface area contributed by atoms with Crippen molar-refractivity contribution in [3.8, 4) is 0 Å². The first-order chi connectivity index (χ1) is 10.5. The van der Waals surface area contributed by atoms with Crippen LogP contribution in [0.25, 0.3) is 0 Å². The van der Waals surface area contributed by atoms with Gasteiger partial charge in [0.25, 0.3) is 5.91 Å². The zero-order valence-corrected chi connectivity index (χ0v) is 12.9. The van der Waals surface area contributed by atoms with Crippen molar-refractivity contribution in [1.29, 1.82) is 0 Å². The molecule has 0 bridgehead atoms. The number of aliphatic hydroxyl groups excluding tert-OH is 1. The highest BCUT2D eigenvalue weighted by atomic mass is 16.3. The monoisotopic (exact) mass is 305 g/mol. The van der Waals surface area contributed by atoms with Crippen molar-refractivity contribution in [1.82, 2.24) is 9.80 Å². The minimum atomic E-state index is -0.498. The number of nitrogens with two attached hydrogens (primary N) is 1. The zero-order chi connectivity index (χ0) is 16.1. The number of rotatable bonds is 4. The molecule has 2 amide bonds. The molecule has 0 aromatic heterocycles. The molecule has 1 aliphatic heterocycles. The van der Waals surface area contributed by atoms with E-state index in [1.54, 1.807) is 24.3 Å². The molecular formula is C16H23N3O3. The Morgan fingerprint density at radius 2 is 1.77 bits per heavy atom. The number of hydrogen-bond acceptors (Lipinski definition) is 4. The Bertz CT molecular complexity index is 530. The van der Waals surface area contributed by atoms with Crippen LogP contribution in [0.3, 0.4) is 0 Å². The van der Waals surface area contributed by atoms with E-state index in [1.807, 2.05) is 11.8 Å². The maximum atomic E-state index is 12.5. The third kappa shape index (κ3) is 3.84. The molecule has 1 aromatic carbocycles. The lowest BCUT2D eigenvalue weighted by Crippen LogP contribution is -2.39. The second kappa shape index (κ2) is 7.38. The van der Waals surface area contributed by atoms with Gasteiger partial charge < -0.3 is 15.7 Å². The second-order valence-electron chi connectivity index (χ2n) is 5.65. The molecule has 0 aliphatic carbocycles. The molecule has 0 spiro atoms. The Morgan fingerprint density at radius 3 is 2.36 bits per heavy atom. The van der Waals surface area contributed by atoms with Crippen molar-refractivity contribution in [3.05, 3.63) is 35.4 Å². The molecule has 22 heavy (non-hydrogen) atoms. The number of carbonyl (C=O) groups excluding carboxylic acids is 2. The van der Waals surface area contributed by atoms with Crippen LogP contribution in [0.15, 0.2) is 24.3 Å². The molecule has 6 heteroatoms. The van der Waals surface area contributed by atoms with Gasteiger partial charge in [-0.2, -0.15) is 0 Å². The molecule has 1 unspecified atom stereocenters. The lowest BCUT2D eigenvalue weighted by atomic mass is 10.1. The van der Waals surface area contributed by atoms with E-state index in [4.69, 9.17) is 5.73 Å². The van der Waals surface area contributed by atoms with Gasteiger partial charge in [0.05, 0.1) is 6.61 Å². The van der Waals surface area contributed by atoms with E-state index in [0.717, 1.165) is 19.5 Å². The molecule has 1 saturated heterocycles. The molecule has 0 radical (unpaired) electrons. The average Bonchev–Trinajstić information content (AvgIpc) is 2.79. The summed E-state index contributed by atoms with van der Waals surface area (Å²) in [5.41, 5.74) is 6.16. The van der Waals surface area contributed by atoms with Crippen LogP contribution < -0.4 is 5.73 Å². The Morgan fingerprint density at radius 1 is 1.14 bits per heavy atom. The van der Waals surface area contributed by atoms with Crippen molar-refractivity contribution < 1.29 is 14.7 Å². The summed E-state index contributed by atoms with van der Waals surface area (Å²) in [6.45, 7) is 5.09. The molecule has 0 saturated carbocycles.